The minimum absolute atomic E-state index is 0.438. The number of nitrogens with one attached hydrogen (secondary N) is 1. The lowest BCUT2D eigenvalue weighted by Gasteiger charge is -2.38. The quantitative estimate of drug-likeness (QED) is 0.501. The molecule has 90 valence electrons. The standard InChI is InChI=1S/C10H25N5/c1-10(13-4-2-11)15-8-6-14(5-3-12)7-9-15/h10,13H,2-9,11-12H2,1H3. The lowest BCUT2D eigenvalue weighted by Crippen LogP contribution is -2.54. The topological polar surface area (TPSA) is 70.5 Å². The molecule has 0 aromatic heterocycles. The zero-order chi connectivity index (χ0) is 11.1. The van der Waals surface area contributed by atoms with Gasteiger partial charge >= 0.3 is 0 Å². The summed E-state index contributed by atoms with van der Waals surface area (Å²) in [7, 11) is 0. The summed E-state index contributed by atoms with van der Waals surface area (Å²) in [5.41, 5.74) is 11.0. The van der Waals surface area contributed by atoms with Gasteiger partial charge in [0.2, 0.25) is 0 Å². The van der Waals surface area contributed by atoms with Gasteiger partial charge in [-0.2, -0.15) is 0 Å². The SMILES string of the molecule is CC(NCCN)N1CCN(CCN)CC1. The summed E-state index contributed by atoms with van der Waals surface area (Å²) in [5, 5.41) is 3.41. The van der Waals surface area contributed by atoms with Crippen molar-refractivity contribution in [2.75, 3.05) is 52.4 Å². The van der Waals surface area contributed by atoms with Gasteiger partial charge in [0.25, 0.3) is 0 Å². The van der Waals surface area contributed by atoms with Crippen LogP contribution in [0.15, 0.2) is 0 Å². The minimum Gasteiger partial charge on any atom is -0.329 e. The second kappa shape index (κ2) is 7.14. The molecule has 1 heterocycles. The zero-order valence-electron chi connectivity index (χ0n) is 9.78. The molecule has 1 saturated heterocycles. The largest absolute Gasteiger partial charge is 0.329 e. The average Bonchev–Trinajstić information content (AvgIpc) is 2.27. The van der Waals surface area contributed by atoms with Gasteiger partial charge in [0.15, 0.2) is 0 Å². The molecule has 0 aliphatic carbocycles. The molecule has 5 N–H and O–H groups in total. The van der Waals surface area contributed by atoms with E-state index in [1.54, 1.807) is 0 Å². The Morgan fingerprint density at radius 3 is 2.33 bits per heavy atom. The van der Waals surface area contributed by atoms with Gasteiger partial charge in [-0.1, -0.05) is 0 Å². The van der Waals surface area contributed by atoms with Gasteiger partial charge in [0, 0.05) is 52.4 Å². The van der Waals surface area contributed by atoms with Crippen molar-refractivity contribution >= 4 is 0 Å². The maximum absolute atomic E-state index is 5.54. The summed E-state index contributed by atoms with van der Waals surface area (Å²) < 4.78 is 0. The van der Waals surface area contributed by atoms with Crippen LogP contribution in [0.1, 0.15) is 6.92 Å². The summed E-state index contributed by atoms with van der Waals surface area (Å²) in [6, 6.07) is 0. The maximum atomic E-state index is 5.54. The van der Waals surface area contributed by atoms with E-state index >= 15 is 0 Å². The summed E-state index contributed by atoms with van der Waals surface area (Å²) in [6.07, 6.45) is 0.438. The number of piperazine rings is 1. The fourth-order valence-electron chi connectivity index (χ4n) is 1.98. The second-order valence-electron chi connectivity index (χ2n) is 4.09. The minimum atomic E-state index is 0.438. The monoisotopic (exact) mass is 215 g/mol. The lowest BCUT2D eigenvalue weighted by molar-refractivity contribution is 0.0910. The van der Waals surface area contributed by atoms with Crippen molar-refractivity contribution < 1.29 is 0 Å². The van der Waals surface area contributed by atoms with Crippen LogP contribution in [0, 0.1) is 0 Å². The fraction of sp³-hybridized carbons (Fsp3) is 1.00. The van der Waals surface area contributed by atoms with Crippen molar-refractivity contribution in [1.82, 2.24) is 15.1 Å². The van der Waals surface area contributed by atoms with Crippen LogP contribution in [0.4, 0.5) is 0 Å². The van der Waals surface area contributed by atoms with Crippen molar-refractivity contribution in [3.05, 3.63) is 0 Å². The lowest BCUT2D eigenvalue weighted by atomic mass is 10.3. The molecule has 0 saturated carbocycles. The first-order valence-corrected chi connectivity index (χ1v) is 5.88. The van der Waals surface area contributed by atoms with E-state index in [1.165, 1.54) is 0 Å². The van der Waals surface area contributed by atoms with Crippen LogP contribution in [0.2, 0.25) is 0 Å². The van der Waals surface area contributed by atoms with Crippen LogP contribution in [-0.2, 0) is 0 Å². The smallest absolute Gasteiger partial charge is 0.0569 e. The molecule has 5 nitrogen and oxygen atoms in total. The van der Waals surface area contributed by atoms with Gasteiger partial charge < -0.3 is 16.8 Å². The molecule has 1 atom stereocenters. The van der Waals surface area contributed by atoms with Crippen molar-refractivity contribution in [3.8, 4) is 0 Å². The van der Waals surface area contributed by atoms with Crippen LogP contribution in [-0.4, -0.2) is 68.3 Å². The van der Waals surface area contributed by atoms with E-state index < -0.39 is 0 Å². The molecular weight excluding hydrogens is 190 g/mol. The predicted molar refractivity (Wildman–Crippen MR) is 63.6 cm³/mol. The van der Waals surface area contributed by atoms with Gasteiger partial charge in [-0.3, -0.25) is 9.80 Å². The first-order chi connectivity index (χ1) is 7.27. The highest BCUT2D eigenvalue weighted by atomic mass is 15.3. The highest BCUT2D eigenvalue weighted by Gasteiger charge is 2.19. The average molecular weight is 215 g/mol. The molecule has 15 heavy (non-hydrogen) atoms. The molecule has 0 aromatic carbocycles. The van der Waals surface area contributed by atoms with E-state index in [0.29, 0.717) is 12.7 Å². The zero-order valence-corrected chi connectivity index (χ0v) is 9.78. The van der Waals surface area contributed by atoms with Gasteiger partial charge in [-0.05, 0) is 6.92 Å². The molecule has 0 bridgehead atoms. The van der Waals surface area contributed by atoms with Crippen LogP contribution in [0.3, 0.4) is 0 Å². The van der Waals surface area contributed by atoms with Crippen molar-refractivity contribution in [3.63, 3.8) is 0 Å². The van der Waals surface area contributed by atoms with E-state index in [2.05, 4.69) is 22.0 Å². The third-order valence-corrected chi connectivity index (χ3v) is 2.98. The van der Waals surface area contributed by atoms with E-state index in [9.17, 15) is 0 Å². The number of hydrogen-bond donors (Lipinski definition) is 3. The van der Waals surface area contributed by atoms with E-state index in [1.807, 2.05) is 0 Å². The third kappa shape index (κ3) is 4.44. The number of nitrogens with zero attached hydrogens (tertiary/aromatic N) is 2. The Hall–Kier alpha value is -0.200. The number of nitrogens with two attached hydrogens (primary N) is 2. The molecule has 1 fully saturated rings. The van der Waals surface area contributed by atoms with Crippen LogP contribution < -0.4 is 16.8 Å². The van der Waals surface area contributed by atoms with E-state index in [0.717, 1.165) is 45.8 Å². The number of hydrogen-bond acceptors (Lipinski definition) is 5. The summed E-state index contributed by atoms with van der Waals surface area (Å²) in [4.78, 5) is 4.88. The predicted octanol–water partition coefficient (Wildman–Crippen LogP) is -1.54. The van der Waals surface area contributed by atoms with Gasteiger partial charge in [0.05, 0.1) is 6.17 Å². The van der Waals surface area contributed by atoms with Gasteiger partial charge in [0.1, 0.15) is 0 Å². The highest BCUT2D eigenvalue weighted by molar-refractivity contribution is 4.75. The molecule has 1 aliphatic heterocycles. The van der Waals surface area contributed by atoms with Crippen LogP contribution >= 0.6 is 0 Å². The highest BCUT2D eigenvalue weighted by Crippen LogP contribution is 2.03. The molecule has 0 spiro atoms. The van der Waals surface area contributed by atoms with Crippen LogP contribution in [0.5, 0.6) is 0 Å². The normalized spacial score (nSPS) is 21.8. The number of rotatable bonds is 6. The molecule has 0 radical (unpaired) electrons. The first-order valence-electron chi connectivity index (χ1n) is 5.88. The Morgan fingerprint density at radius 1 is 1.13 bits per heavy atom. The Balaban J connectivity index is 2.18. The van der Waals surface area contributed by atoms with Crippen molar-refractivity contribution in [2.45, 2.75) is 13.1 Å². The third-order valence-electron chi connectivity index (χ3n) is 2.98. The Bertz CT molecular complexity index is 156. The molecule has 1 aliphatic rings. The van der Waals surface area contributed by atoms with Gasteiger partial charge in [-0.25, -0.2) is 0 Å². The Kier molecular flexibility index (Phi) is 6.12. The van der Waals surface area contributed by atoms with Crippen molar-refractivity contribution in [2.24, 2.45) is 11.5 Å². The first kappa shape index (κ1) is 12.9. The Morgan fingerprint density at radius 2 is 1.80 bits per heavy atom. The maximum Gasteiger partial charge on any atom is 0.0569 e. The van der Waals surface area contributed by atoms with Crippen molar-refractivity contribution in [1.29, 1.82) is 0 Å². The Labute approximate surface area is 92.8 Å². The van der Waals surface area contributed by atoms with E-state index in [4.69, 9.17) is 11.5 Å². The summed E-state index contributed by atoms with van der Waals surface area (Å²) in [5.74, 6) is 0. The second-order valence-corrected chi connectivity index (χ2v) is 4.09. The van der Waals surface area contributed by atoms with Crippen LogP contribution in [0.25, 0.3) is 0 Å². The summed E-state index contributed by atoms with van der Waals surface area (Å²) in [6.45, 7) is 10.1. The molecule has 5 heteroatoms. The van der Waals surface area contributed by atoms with E-state index in [-0.39, 0.29) is 0 Å². The van der Waals surface area contributed by atoms with Gasteiger partial charge in [-0.15, -0.1) is 0 Å². The molecular formula is C10H25N5. The summed E-state index contributed by atoms with van der Waals surface area (Å²) >= 11 is 0. The fourth-order valence-corrected chi connectivity index (χ4v) is 1.98. The molecule has 1 rings (SSSR count). The molecule has 0 amide bonds. The molecule has 0 aromatic rings. The molecule has 1 unspecified atom stereocenters.